The summed E-state index contributed by atoms with van der Waals surface area (Å²) in [7, 11) is 0. The molecule has 1 aliphatic heterocycles. The van der Waals surface area contributed by atoms with Crippen molar-refractivity contribution in [2.45, 2.75) is 90.4 Å². The van der Waals surface area contributed by atoms with Crippen molar-refractivity contribution in [3.8, 4) is 0 Å². The molecule has 0 aliphatic carbocycles. The van der Waals surface area contributed by atoms with Crippen LogP contribution in [0.15, 0.2) is 12.2 Å². The molecule has 4 nitrogen and oxygen atoms in total. The largest absolute Gasteiger partial charge is 0.462 e. The molecule has 2 unspecified atom stereocenters. The molecule has 0 radical (unpaired) electrons. The fourth-order valence-electron chi connectivity index (χ4n) is 2.72. The molecule has 1 fully saturated rings. The highest BCUT2D eigenvalue weighted by molar-refractivity contribution is 5.65. The summed E-state index contributed by atoms with van der Waals surface area (Å²) < 4.78 is 16.4. The number of esters is 1. The van der Waals surface area contributed by atoms with Crippen LogP contribution in [0.4, 0.5) is 0 Å². The molecule has 0 saturated carbocycles. The average Bonchev–Trinajstić information content (AvgIpc) is 2.53. The van der Waals surface area contributed by atoms with E-state index in [-0.39, 0.29) is 12.3 Å². The van der Waals surface area contributed by atoms with Crippen LogP contribution in [0.3, 0.4) is 0 Å². The third-order valence-corrected chi connectivity index (χ3v) is 4.05. The van der Waals surface area contributed by atoms with Crippen LogP contribution in [0, 0.1) is 0 Å². The maximum atomic E-state index is 10.6. The number of hydrogen-bond donors (Lipinski definition) is 0. The van der Waals surface area contributed by atoms with Crippen molar-refractivity contribution < 1.29 is 19.0 Å². The Bertz CT molecular complexity index is 321. The summed E-state index contributed by atoms with van der Waals surface area (Å²) >= 11 is 0. The van der Waals surface area contributed by atoms with Gasteiger partial charge in [-0.05, 0) is 45.4 Å². The molecule has 1 aliphatic rings. The summed E-state index contributed by atoms with van der Waals surface area (Å²) in [6.45, 7) is 4.85. The zero-order valence-corrected chi connectivity index (χ0v) is 14.9. The van der Waals surface area contributed by atoms with Crippen molar-refractivity contribution in [3.05, 3.63) is 12.2 Å². The summed E-state index contributed by atoms with van der Waals surface area (Å²) in [5.74, 6) is -0.220. The first-order chi connectivity index (χ1) is 11.2. The maximum absolute atomic E-state index is 10.6. The number of carbonyl (C=O) groups excluding carboxylic acids is 1. The molecule has 2 atom stereocenters. The average molecular weight is 326 g/mol. The van der Waals surface area contributed by atoms with E-state index in [0.717, 1.165) is 25.9 Å². The van der Waals surface area contributed by atoms with Gasteiger partial charge in [-0.1, -0.05) is 37.8 Å². The molecule has 0 bridgehead atoms. The minimum Gasteiger partial charge on any atom is -0.462 e. The summed E-state index contributed by atoms with van der Waals surface area (Å²) in [6, 6.07) is 0. The van der Waals surface area contributed by atoms with E-state index in [1.54, 1.807) is 0 Å². The smallest absolute Gasteiger partial charge is 0.302 e. The number of ether oxygens (including phenoxy) is 3. The zero-order chi connectivity index (χ0) is 16.8. The molecule has 1 rings (SSSR count). The second kappa shape index (κ2) is 13.6. The van der Waals surface area contributed by atoms with Gasteiger partial charge in [0.2, 0.25) is 0 Å². The van der Waals surface area contributed by atoms with Gasteiger partial charge in [0.15, 0.2) is 6.29 Å². The number of allylic oxidation sites excluding steroid dienone is 1. The van der Waals surface area contributed by atoms with Crippen molar-refractivity contribution in [2.24, 2.45) is 0 Å². The van der Waals surface area contributed by atoms with Crippen LogP contribution in [0.25, 0.3) is 0 Å². The predicted molar refractivity (Wildman–Crippen MR) is 92.2 cm³/mol. The van der Waals surface area contributed by atoms with Crippen molar-refractivity contribution >= 4 is 5.97 Å². The molecule has 1 saturated heterocycles. The van der Waals surface area contributed by atoms with Gasteiger partial charge in [0.1, 0.15) is 6.61 Å². The lowest BCUT2D eigenvalue weighted by Gasteiger charge is -2.26. The Morgan fingerprint density at radius 3 is 2.70 bits per heavy atom. The van der Waals surface area contributed by atoms with Gasteiger partial charge in [0.25, 0.3) is 0 Å². The monoisotopic (exact) mass is 326 g/mol. The van der Waals surface area contributed by atoms with E-state index in [4.69, 9.17) is 14.2 Å². The van der Waals surface area contributed by atoms with E-state index in [1.807, 2.05) is 6.08 Å². The highest BCUT2D eigenvalue weighted by atomic mass is 16.7. The lowest BCUT2D eigenvalue weighted by Crippen LogP contribution is -2.26. The van der Waals surface area contributed by atoms with E-state index in [2.05, 4.69) is 13.0 Å². The van der Waals surface area contributed by atoms with Gasteiger partial charge in [-0.3, -0.25) is 4.79 Å². The van der Waals surface area contributed by atoms with E-state index >= 15 is 0 Å². The third kappa shape index (κ3) is 12.2. The standard InChI is InChI=1S/C19H34O4/c1-17(23-19-14-10-12-16-22-19)13-9-7-5-3-4-6-8-11-15-21-18(2)20/h8,11,17,19H,3-7,9-10,12-16H2,1-2H3/b11-8+. The summed E-state index contributed by atoms with van der Waals surface area (Å²) in [4.78, 5) is 10.6. The molecule has 0 spiro atoms. The van der Waals surface area contributed by atoms with Gasteiger partial charge in [-0.2, -0.15) is 0 Å². The minimum atomic E-state index is -0.220. The molecular formula is C19H34O4. The highest BCUT2D eigenvalue weighted by Gasteiger charge is 2.16. The Kier molecular flexibility index (Phi) is 11.9. The summed E-state index contributed by atoms with van der Waals surface area (Å²) in [6.07, 6.45) is 16.3. The summed E-state index contributed by atoms with van der Waals surface area (Å²) in [5.41, 5.74) is 0. The molecule has 134 valence electrons. The molecule has 4 heteroatoms. The lowest BCUT2D eigenvalue weighted by molar-refractivity contribution is -0.185. The Balaban J connectivity index is 1.84. The van der Waals surface area contributed by atoms with Crippen LogP contribution >= 0.6 is 0 Å². The highest BCUT2D eigenvalue weighted by Crippen LogP contribution is 2.18. The molecule has 0 aromatic heterocycles. The molecule has 0 aromatic carbocycles. The molecular weight excluding hydrogens is 292 g/mol. The van der Waals surface area contributed by atoms with Crippen LogP contribution in [0.5, 0.6) is 0 Å². The number of rotatable bonds is 12. The molecule has 0 N–H and O–H groups in total. The molecule has 0 amide bonds. The van der Waals surface area contributed by atoms with Crippen molar-refractivity contribution in [1.82, 2.24) is 0 Å². The number of hydrogen-bond acceptors (Lipinski definition) is 4. The lowest BCUT2D eigenvalue weighted by atomic mass is 10.1. The minimum absolute atomic E-state index is 0.0394. The quantitative estimate of drug-likeness (QED) is 0.294. The molecule has 0 aromatic rings. The topological polar surface area (TPSA) is 44.8 Å². The van der Waals surface area contributed by atoms with Gasteiger partial charge < -0.3 is 14.2 Å². The summed E-state index contributed by atoms with van der Waals surface area (Å²) in [5, 5.41) is 0. The Morgan fingerprint density at radius 1 is 1.17 bits per heavy atom. The second-order valence-electron chi connectivity index (χ2n) is 6.36. The third-order valence-electron chi connectivity index (χ3n) is 4.05. The van der Waals surface area contributed by atoms with Gasteiger partial charge in [0, 0.05) is 13.5 Å². The van der Waals surface area contributed by atoms with Crippen molar-refractivity contribution in [2.75, 3.05) is 13.2 Å². The van der Waals surface area contributed by atoms with Crippen molar-refractivity contribution in [3.63, 3.8) is 0 Å². The SMILES string of the molecule is CC(=O)OC/C=C/CCCCCCCC(C)OC1CCCCO1. The molecule has 1 heterocycles. The zero-order valence-electron chi connectivity index (χ0n) is 14.9. The Hall–Kier alpha value is -0.870. The van der Waals surface area contributed by atoms with Crippen molar-refractivity contribution in [1.29, 1.82) is 0 Å². The number of unbranched alkanes of at least 4 members (excludes halogenated alkanes) is 5. The van der Waals surface area contributed by atoms with Gasteiger partial charge in [-0.15, -0.1) is 0 Å². The van der Waals surface area contributed by atoms with Crippen LogP contribution in [-0.4, -0.2) is 31.6 Å². The van der Waals surface area contributed by atoms with Crippen LogP contribution < -0.4 is 0 Å². The fourth-order valence-corrected chi connectivity index (χ4v) is 2.72. The first kappa shape index (κ1) is 20.2. The Labute approximate surface area is 141 Å². The normalized spacial score (nSPS) is 19.8. The van der Waals surface area contributed by atoms with E-state index in [1.165, 1.54) is 51.9 Å². The Morgan fingerprint density at radius 2 is 1.96 bits per heavy atom. The molecule has 23 heavy (non-hydrogen) atoms. The van der Waals surface area contributed by atoms with Crippen LogP contribution in [-0.2, 0) is 19.0 Å². The predicted octanol–water partition coefficient (Wildman–Crippen LogP) is 4.77. The number of carbonyl (C=O) groups is 1. The first-order valence-corrected chi connectivity index (χ1v) is 9.24. The van der Waals surface area contributed by atoms with Crippen LogP contribution in [0.2, 0.25) is 0 Å². The van der Waals surface area contributed by atoms with Gasteiger partial charge >= 0.3 is 5.97 Å². The van der Waals surface area contributed by atoms with E-state index in [9.17, 15) is 4.79 Å². The van der Waals surface area contributed by atoms with E-state index < -0.39 is 0 Å². The van der Waals surface area contributed by atoms with Gasteiger partial charge in [0.05, 0.1) is 6.10 Å². The van der Waals surface area contributed by atoms with Gasteiger partial charge in [-0.25, -0.2) is 0 Å². The first-order valence-electron chi connectivity index (χ1n) is 9.24. The van der Waals surface area contributed by atoms with Crippen LogP contribution in [0.1, 0.15) is 78.1 Å². The fraction of sp³-hybridized carbons (Fsp3) is 0.842. The van der Waals surface area contributed by atoms with E-state index in [0.29, 0.717) is 12.7 Å². The second-order valence-corrected chi connectivity index (χ2v) is 6.36. The maximum Gasteiger partial charge on any atom is 0.302 e.